The predicted molar refractivity (Wildman–Crippen MR) is 85.7 cm³/mol. The SMILES string of the molecule is C[C@]12CCC(=O)C=C1C=CC1C2CC[C@@]2(C)C1CC[C@@H]2C#N. The molecule has 2 nitrogen and oxygen atoms in total. The van der Waals surface area contributed by atoms with E-state index in [9.17, 15) is 10.1 Å². The average molecular weight is 295 g/mol. The molecule has 4 rings (SSSR count). The highest BCUT2D eigenvalue weighted by Crippen LogP contribution is 2.64. The fraction of sp³-hybridized carbons (Fsp3) is 0.700. The van der Waals surface area contributed by atoms with Crippen LogP contribution >= 0.6 is 0 Å². The van der Waals surface area contributed by atoms with E-state index in [0.717, 1.165) is 12.8 Å². The van der Waals surface area contributed by atoms with Gasteiger partial charge in [-0.05, 0) is 72.3 Å². The molecule has 0 radical (unpaired) electrons. The lowest BCUT2D eigenvalue weighted by Gasteiger charge is -2.55. The minimum atomic E-state index is 0.180. The van der Waals surface area contributed by atoms with Gasteiger partial charge in [0.2, 0.25) is 0 Å². The predicted octanol–water partition coefficient (Wildman–Crippen LogP) is 4.43. The van der Waals surface area contributed by atoms with Gasteiger partial charge >= 0.3 is 0 Å². The zero-order chi connectivity index (χ0) is 15.5. The Kier molecular flexibility index (Phi) is 2.96. The summed E-state index contributed by atoms with van der Waals surface area (Å²) in [4.78, 5) is 11.8. The second kappa shape index (κ2) is 4.57. The van der Waals surface area contributed by atoms with Gasteiger partial charge in [-0.25, -0.2) is 0 Å². The summed E-state index contributed by atoms with van der Waals surface area (Å²) in [5, 5.41) is 9.52. The number of nitrogens with zero attached hydrogens (tertiary/aromatic N) is 1. The first kappa shape index (κ1) is 14.2. The van der Waals surface area contributed by atoms with Gasteiger partial charge in [0.05, 0.1) is 12.0 Å². The second-order valence-electron chi connectivity index (χ2n) is 8.44. The van der Waals surface area contributed by atoms with E-state index < -0.39 is 0 Å². The molecule has 4 aliphatic rings. The molecule has 0 bridgehead atoms. The lowest BCUT2D eigenvalue weighted by atomic mass is 9.49. The molecule has 2 heteroatoms. The van der Waals surface area contributed by atoms with Gasteiger partial charge in [-0.1, -0.05) is 26.0 Å². The van der Waals surface area contributed by atoms with Gasteiger partial charge in [0, 0.05) is 6.42 Å². The summed E-state index contributed by atoms with van der Waals surface area (Å²) < 4.78 is 0. The molecule has 0 heterocycles. The summed E-state index contributed by atoms with van der Waals surface area (Å²) >= 11 is 0. The normalized spacial score (nSPS) is 49.7. The molecule has 4 aliphatic carbocycles. The largest absolute Gasteiger partial charge is 0.295 e. The van der Waals surface area contributed by atoms with Crippen molar-refractivity contribution in [2.75, 3.05) is 0 Å². The quantitative estimate of drug-likeness (QED) is 0.663. The fourth-order valence-corrected chi connectivity index (χ4v) is 6.21. The number of carbonyl (C=O) groups is 1. The van der Waals surface area contributed by atoms with E-state index in [-0.39, 0.29) is 16.7 Å². The minimum Gasteiger partial charge on any atom is -0.295 e. The molecule has 3 unspecified atom stereocenters. The van der Waals surface area contributed by atoms with Crippen LogP contribution in [0.5, 0.6) is 0 Å². The second-order valence-corrected chi connectivity index (χ2v) is 8.44. The molecule has 22 heavy (non-hydrogen) atoms. The van der Waals surface area contributed by atoms with Gasteiger partial charge < -0.3 is 0 Å². The maximum atomic E-state index is 11.8. The van der Waals surface area contributed by atoms with Crippen molar-refractivity contribution in [1.82, 2.24) is 0 Å². The first-order chi connectivity index (χ1) is 10.5. The molecule has 0 aromatic heterocycles. The van der Waals surface area contributed by atoms with Crippen LogP contribution in [0.4, 0.5) is 0 Å². The van der Waals surface area contributed by atoms with E-state index in [1.165, 1.54) is 24.8 Å². The minimum absolute atomic E-state index is 0.180. The monoisotopic (exact) mass is 295 g/mol. The average Bonchev–Trinajstić information content (AvgIpc) is 2.84. The van der Waals surface area contributed by atoms with E-state index in [1.54, 1.807) is 0 Å². The molecule has 0 spiro atoms. The Bertz CT molecular complexity index is 624. The summed E-state index contributed by atoms with van der Waals surface area (Å²) in [5.74, 6) is 2.45. The zero-order valence-corrected chi connectivity index (χ0v) is 13.6. The van der Waals surface area contributed by atoms with E-state index in [0.29, 0.717) is 30.0 Å². The third-order valence-electron chi connectivity index (χ3n) is 7.67. The maximum absolute atomic E-state index is 11.8. The molecular formula is C20H25NO. The van der Waals surface area contributed by atoms with Crippen molar-refractivity contribution >= 4 is 5.78 Å². The highest BCUT2D eigenvalue weighted by Gasteiger charge is 2.58. The highest BCUT2D eigenvalue weighted by atomic mass is 16.1. The number of hydrogen-bond donors (Lipinski definition) is 0. The molecule has 0 aromatic rings. The molecule has 0 N–H and O–H groups in total. The number of ketones is 1. The summed E-state index contributed by atoms with van der Waals surface area (Å²) in [7, 11) is 0. The standard InChI is InChI=1S/C20H25NO/c1-19-9-7-15(22)11-13(19)3-5-16-17-6-4-14(12-21)20(17,2)10-8-18(16)19/h3,5,11,14,16-18H,4,6-10H2,1-2H3/t14-,16?,17?,18?,19+,20-/m1/s1. The number of carbonyl (C=O) groups excluding carboxylic acids is 1. The molecule has 2 saturated carbocycles. The van der Waals surface area contributed by atoms with E-state index >= 15 is 0 Å². The van der Waals surface area contributed by atoms with Crippen molar-refractivity contribution in [3.8, 4) is 6.07 Å². The van der Waals surface area contributed by atoms with Crippen LogP contribution < -0.4 is 0 Å². The van der Waals surface area contributed by atoms with Crippen molar-refractivity contribution in [1.29, 1.82) is 5.26 Å². The Balaban J connectivity index is 1.74. The lowest BCUT2D eigenvalue weighted by Crippen LogP contribution is -2.48. The van der Waals surface area contributed by atoms with E-state index in [4.69, 9.17) is 0 Å². The zero-order valence-electron chi connectivity index (χ0n) is 13.6. The van der Waals surface area contributed by atoms with Gasteiger partial charge in [-0.2, -0.15) is 5.26 Å². The number of rotatable bonds is 0. The third-order valence-corrected chi connectivity index (χ3v) is 7.67. The van der Waals surface area contributed by atoms with Crippen molar-refractivity contribution in [3.05, 3.63) is 23.8 Å². The van der Waals surface area contributed by atoms with Gasteiger partial charge in [0.15, 0.2) is 5.78 Å². The highest BCUT2D eigenvalue weighted by molar-refractivity contribution is 5.92. The first-order valence-corrected chi connectivity index (χ1v) is 8.82. The Labute approximate surface area is 133 Å². The Hall–Kier alpha value is -1.36. The van der Waals surface area contributed by atoms with Crippen molar-refractivity contribution in [3.63, 3.8) is 0 Å². The molecule has 0 amide bonds. The molecule has 2 fully saturated rings. The summed E-state index contributed by atoms with van der Waals surface area (Å²) in [6.07, 6.45) is 12.9. The fourth-order valence-electron chi connectivity index (χ4n) is 6.21. The van der Waals surface area contributed by atoms with Crippen LogP contribution in [-0.4, -0.2) is 5.78 Å². The smallest absolute Gasteiger partial charge is 0.156 e. The summed E-state index contributed by atoms with van der Waals surface area (Å²) in [6.45, 7) is 4.74. The molecule has 116 valence electrons. The summed E-state index contributed by atoms with van der Waals surface area (Å²) in [6, 6.07) is 2.59. The van der Waals surface area contributed by atoms with Gasteiger partial charge in [0.25, 0.3) is 0 Å². The first-order valence-electron chi connectivity index (χ1n) is 8.82. The maximum Gasteiger partial charge on any atom is 0.156 e. The third kappa shape index (κ3) is 1.69. The molecular weight excluding hydrogens is 270 g/mol. The van der Waals surface area contributed by atoms with Gasteiger partial charge in [-0.3, -0.25) is 4.79 Å². The van der Waals surface area contributed by atoms with Crippen LogP contribution in [0.25, 0.3) is 0 Å². The Morgan fingerprint density at radius 1 is 1.18 bits per heavy atom. The van der Waals surface area contributed by atoms with Crippen LogP contribution in [0.15, 0.2) is 23.8 Å². The van der Waals surface area contributed by atoms with Crippen molar-refractivity contribution in [2.45, 2.75) is 52.4 Å². The molecule has 0 aliphatic heterocycles. The lowest BCUT2D eigenvalue weighted by molar-refractivity contribution is -0.116. The van der Waals surface area contributed by atoms with E-state index in [1.807, 2.05) is 6.08 Å². The number of nitriles is 1. The number of hydrogen-bond acceptors (Lipinski definition) is 2. The molecule has 6 atom stereocenters. The molecule has 0 aromatic carbocycles. The number of allylic oxidation sites excluding steroid dienone is 4. The van der Waals surface area contributed by atoms with Gasteiger partial charge in [0.1, 0.15) is 0 Å². The van der Waals surface area contributed by atoms with Crippen LogP contribution in [0.2, 0.25) is 0 Å². The van der Waals surface area contributed by atoms with Crippen molar-refractivity contribution < 1.29 is 4.79 Å². The topological polar surface area (TPSA) is 40.9 Å². The molecule has 0 saturated heterocycles. The van der Waals surface area contributed by atoms with Crippen LogP contribution in [-0.2, 0) is 4.79 Å². The van der Waals surface area contributed by atoms with Crippen LogP contribution in [0, 0.1) is 45.8 Å². The van der Waals surface area contributed by atoms with Gasteiger partial charge in [-0.15, -0.1) is 0 Å². The number of fused-ring (bicyclic) bond motifs is 5. The van der Waals surface area contributed by atoms with Crippen LogP contribution in [0.1, 0.15) is 52.4 Å². The van der Waals surface area contributed by atoms with Crippen LogP contribution in [0.3, 0.4) is 0 Å². The summed E-state index contributed by atoms with van der Waals surface area (Å²) in [5.41, 5.74) is 1.66. The van der Waals surface area contributed by atoms with E-state index in [2.05, 4.69) is 32.1 Å². The Morgan fingerprint density at radius 2 is 2.00 bits per heavy atom. The van der Waals surface area contributed by atoms with Crippen molar-refractivity contribution in [2.24, 2.45) is 34.5 Å². The Morgan fingerprint density at radius 3 is 2.77 bits per heavy atom.